The minimum atomic E-state index is -0.905. The number of hydrogen-bond acceptors (Lipinski definition) is 6. The van der Waals surface area contributed by atoms with Crippen LogP contribution in [-0.4, -0.2) is 55.7 Å². The molecule has 6 unspecified atom stereocenters. The van der Waals surface area contributed by atoms with Gasteiger partial charge in [0.25, 0.3) is 5.91 Å². The number of rotatable bonds is 3. The van der Waals surface area contributed by atoms with Crippen LogP contribution in [0, 0.1) is 11.8 Å². The third kappa shape index (κ3) is 8.76. The highest BCUT2D eigenvalue weighted by molar-refractivity contribution is 6.03. The summed E-state index contributed by atoms with van der Waals surface area (Å²) in [6.45, 7) is 7.62. The fraction of sp³-hybridized carbons (Fsp3) is 0.571. The molecule has 36 heavy (non-hydrogen) atoms. The monoisotopic (exact) mass is 502 g/mol. The van der Waals surface area contributed by atoms with Gasteiger partial charge in [0.05, 0.1) is 18.3 Å². The zero-order valence-corrected chi connectivity index (χ0v) is 22.3. The summed E-state index contributed by atoms with van der Waals surface area (Å²) < 4.78 is 16.8. The first-order valence-corrected chi connectivity index (χ1v) is 12.5. The number of carbonyl (C=O) groups excluding carboxylic acids is 2. The van der Waals surface area contributed by atoms with Crippen molar-refractivity contribution in [1.82, 2.24) is 0 Å². The minimum Gasteiger partial charge on any atom is -0.439 e. The quantitative estimate of drug-likeness (QED) is 0.528. The molecule has 0 spiro atoms. The van der Waals surface area contributed by atoms with Crippen LogP contribution in [0.25, 0.3) is 0 Å². The number of benzene rings is 1. The highest BCUT2D eigenvalue weighted by atomic mass is 16.6. The van der Waals surface area contributed by atoms with Crippen molar-refractivity contribution >= 4 is 17.7 Å². The number of methoxy groups -OCH3 is 2. The van der Waals surface area contributed by atoms with Crippen LogP contribution in [0.2, 0.25) is 0 Å². The molecule has 2 rings (SSSR count). The zero-order chi connectivity index (χ0) is 26.8. The van der Waals surface area contributed by atoms with Crippen molar-refractivity contribution in [3.05, 3.63) is 53.1 Å². The summed E-state index contributed by atoms with van der Waals surface area (Å²) in [7, 11) is 3.15. The number of aliphatic hydroxyl groups excluding tert-OH is 1. The van der Waals surface area contributed by atoms with Crippen molar-refractivity contribution in [2.45, 2.75) is 77.8 Å². The topological polar surface area (TPSA) is 120 Å². The van der Waals surface area contributed by atoms with Crippen LogP contribution in [0.3, 0.4) is 0 Å². The Morgan fingerprint density at radius 1 is 1.14 bits per heavy atom. The molecule has 0 saturated heterocycles. The normalized spacial score (nSPS) is 29.0. The van der Waals surface area contributed by atoms with Crippen LogP contribution in [0.5, 0.6) is 0 Å². The molecule has 0 aromatic heterocycles. The Morgan fingerprint density at radius 3 is 2.47 bits per heavy atom. The number of fused-ring (bicyclic) bond motifs is 2. The van der Waals surface area contributed by atoms with Gasteiger partial charge in [-0.2, -0.15) is 0 Å². The maximum absolute atomic E-state index is 12.7. The third-order valence-electron chi connectivity index (χ3n) is 6.74. The Morgan fingerprint density at radius 2 is 1.83 bits per heavy atom. The second-order valence-electron chi connectivity index (χ2n) is 9.83. The predicted molar refractivity (Wildman–Crippen MR) is 141 cm³/mol. The summed E-state index contributed by atoms with van der Waals surface area (Å²) >= 11 is 0. The van der Waals surface area contributed by atoms with Crippen molar-refractivity contribution in [3.63, 3.8) is 0 Å². The summed E-state index contributed by atoms with van der Waals surface area (Å²) in [5.74, 6) is -0.224. The van der Waals surface area contributed by atoms with Crippen LogP contribution in [0.15, 0.2) is 47.6 Å². The van der Waals surface area contributed by atoms with E-state index in [1.54, 1.807) is 21.1 Å². The molecule has 0 aliphatic carbocycles. The maximum Gasteiger partial charge on any atom is 0.405 e. The molecule has 1 aliphatic heterocycles. The average molecular weight is 503 g/mol. The molecule has 1 aliphatic rings. The number of hydrogen-bond donors (Lipinski definition) is 3. The molecule has 1 heterocycles. The third-order valence-corrected chi connectivity index (χ3v) is 6.74. The van der Waals surface area contributed by atoms with Gasteiger partial charge in [-0.15, -0.1) is 0 Å². The zero-order valence-electron chi connectivity index (χ0n) is 22.3. The largest absolute Gasteiger partial charge is 0.439 e. The van der Waals surface area contributed by atoms with Crippen molar-refractivity contribution in [1.29, 1.82) is 0 Å². The first kappa shape index (κ1) is 29.5. The number of aliphatic hydroxyl groups is 1. The van der Waals surface area contributed by atoms with Crippen molar-refractivity contribution in [2.24, 2.45) is 17.6 Å². The van der Waals surface area contributed by atoms with Gasteiger partial charge >= 0.3 is 6.09 Å². The standard InChI is InChI=1S/C28H42N2O6/c1-17-13-21-10-8-11-22(16-21)30-27(32)18(2)9-7-12-23(34-5)26(36-28(29)33)20(4)15-19(3)25(31)24(14-17)35-6/h8-11,15-17,19,23-26,31H,7,12-14H2,1-6H3,(H2,29,33)(H,30,32). The fourth-order valence-electron chi connectivity index (χ4n) is 4.75. The van der Waals surface area contributed by atoms with Gasteiger partial charge in [-0.05, 0) is 68.7 Å². The Kier molecular flexibility index (Phi) is 11.6. The van der Waals surface area contributed by atoms with Gasteiger partial charge in [0.1, 0.15) is 0 Å². The molecule has 4 N–H and O–H groups in total. The summed E-state index contributed by atoms with van der Waals surface area (Å²) in [6, 6.07) is 7.82. The Balaban J connectivity index is 2.43. The highest BCUT2D eigenvalue weighted by Gasteiger charge is 2.29. The number of nitrogens with one attached hydrogen (secondary N) is 1. The summed E-state index contributed by atoms with van der Waals surface area (Å²) in [6.07, 6.45) is 2.91. The lowest BCUT2D eigenvalue weighted by atomic mass is 9.88. The van der Waals surface area contributed by atoms with Gasteiger partial charge in [-0.25, -0.2) is 4.79 Å². The molecule has 0 saturated carbocycles. The fourth-order valence-corrected chi connectivity index (χ4v) is 4.75. The van der Waals surface area contributed by atoms with Gasteiger partial charge in [0, 0.05) is 31.4 Å². The van der Waals surface area contributed by atoms with E-state index >= 15 is 0 Å². The summed E-state index contributed by atoms with van der Waals surface area (Å²) in [4.78, 5) is 24.4. The Labute approximate surface area is 214 Å². The minimum absolute atomic E-state index is 0.176. The van der Waals surface area contributed by atoms with Gasteiger partial charge < -0.3 is 30.4 Å². The van der Waals surface area contributed by atoms with Gasteiger partial charge in [-0.3, -0.25) is 4.79 Å². The number of allylic oxidation sites excluding steroid dienone is 1. The average Bonchev–Trinajstić information content (AvgIpc) is 2.82. The second kappa shape index (κ2) is 14.2. The van der Waals surface area contributed by atoms with Crippen molar-refractivity contribution < 1.29 is 28.9 Å². The van der Waals surface area contributed by atoms with Gasteiger partial charge in [0.2, 0.25) is 0 Å². The van der Waals surface area contributed by atoms with E-state index in [0.717, 1.165) is 23.2 Å². The first-order chi connectivity index (χ1) is 17.0. The van der Waals surface area contributed by atoms with E-state index in [1.807, 2.05) is 50.3 Å². The van der Waals surface area contributed by atoms with Gasteiger partial charge in [-0.1, -0.05) is 38.1 Å². The molecule has 0 radical (unpaired) electrons. The SMILES string of the molecule is COC1CCC=C(C)C(=O)Nc2cccc(c2)CC(C)CC(OC)C(O)C(C)C=C(C)C1OC(N)=O. The van der Waals surface area contributed by atoms with Crippen LogP contribution in [-0.2, 0) is 25.4 Å². The van der Waals surface area contributed by atoms with Crippen LogP contribution in [0.1, 0.15) is 52.5 Å². The summed E-state index contributed by atoms with van der Waals surface area (Å²) in [5.41, 5.74) is 8.50. The number of carbonyl (C=O) groups is 2. The van der Waals surface area contributed by atoms with E-state index in [9.17, 15) is 14.7 Å². The lowest BCUT2D eigenvalue weighted by Crippen LogP contribution is -2.37. The maximum atomic E-state index is 12.7. The molecule has 8 heteroatoms. The van der Waals surface area contributed by atoms with E-state index in [2.05, 4.69) is 12.2 Å². The molecule has 1 aromatic rings. The second-order valence-corrected chi connectivity index (χ2v) is 9.83. The van der Waals surface area contributed by atoms with Gasteiger partial charge in [0.15, 0.2) is 6.10 Å². The number of nitrogens with two attached hydrogens (primary N) is 1. The first-order valence-electron chi connectivity index (χ1n) is 12.5. The highest BCUT2D eigenvalue weighted by Crippen LogP contribution is 2.26. The lowest BCUT2D eigenvalue weighted by Gasteiger charge is -2.30. The van der Waals surface area contributed by atoms with Crippen LogP contribution < -0.4 is 11.1 Å². The number of primary amides is 1. The molecular formula is C28H42N2O6. The molecule has 6 atom stereocenters. The molecule has 8 nitrogen and oxygen atoms in total. The number of amides is 2. The molecule has 0 fully saturated rings. The van der Waals surface area contributed by atoms with E-state index < -0.39 is 24.4 Å². The number of anilines is 1. The molecule has 2 amide bonds. The molecule has 1 aromatic carbocycles. The van der Waals surface area contributed by atoms with E-state index in [1.165, 1.54) is 0 Å². The summed E-state index contributed by atoms with van der Waals surface area (Å²) in [5, 5.41) is 14.1. The smallest absolute Gasteiger partial charge is 0.405 e. The van der Waals surface area contributed by atoms with Crippen LogP contribution >= 0.6 is 0 Å². The molecule has 200 valence electrons. The Bertz CT molecular complexity index is 944. The number of ether oxygens (including phenoxy) is 3. The van der Waals surface area contributed by atoms with Crippen molar-refractivity contribution in [3.8, 4) is 0 Å². The predicted octanol–water partition coefficient (Wildman–Crippen LogP) is 4.37. The van der Waals surface area contributed by atoms with E-state index in [-0.39, 0.29) is 23.8 Å². The molecular weight excluding hydrogens is 460 g/mol. The van der Waals surface area contributed by atoms with Crippen molar-refractivity contribution in [2.75, 3.05) is 19.5 Å². The van der Waals surface area contributed by atoms with Crippen LogP contribution in [0.4, 0.5) is 10.5 Å². The lowest BCUT2D eigenvalue weighted by molar-refractivity contribution is -0.112. The van der Waals surface area contributed by atoms with E-state index in [0.29, 0.717) is 24.8 Å². The Hall–Kier alpha value is -2.68. The molecule has 2 bridgehead atoms. The van der Waals surface area contributed by atoms with E-state index in [4.69, 9.17) is 19.9 Å².